The van der Waals surface area contributed by atoms with E-state index < -0.39 is 0 Å². The smallest absolute Gasteiger partial charge is 0.226 e. The molecular weight excluding hydrogens is 364 g/mol. The number of aromatic nitrogens is 3. The van der Waals surface area contributed by atoms with Crippen LogP contribution in [0.25, 0.3) is 11.3 Å². The molecular formula is C23H30N4O2. The Morgan fingerprint density at radius 1 is 1.21 bits per heavy atom. The summed E-state index contributed by atoms with van der Waals surface area (Å²) in [4.78, 5) is 24.4. The Morgan fingerprint density at radius 3 is 2.62 bits per heavy atom. The van der Waals surface area contributed by atoms with Crippen molar-refractivity contribution in [3.05, 3.63) is 41.6 Å². The number of carbonyl (C=O) groups excluding carboxylic acids is 1. The van der Waals surface area contributed by atoms with Crippen LogP contribution in [0.4, 0.5) is 0 Å². The van der Waals surface area contributed by atoms with Crippen LogP contribution in [-0.2, 0) is 4.79 Å². The lowest BCUT2D eigenvalue weighted by atomic mass is 9.90. The first kappa shape index (κ1) is 19.8. The molecule has 3 heterocycles. The van der Waals surface area contributed by atoms with Gasteiger partial charge in [-0.1, -0.05) is 31.2 Å². The number of amides is 1. The van der Waals surface area contributed by atoms with E-state index in [9.17, 15) is 4.79 Å². The average Bonchev–Trinajstić information content (AvgIpc) is 3.19. The molecule has 6 heteroatoms. The number of piperidine rings is 1. The van der Waals surface area contributed by atoms with Gasteiger partial charge in [-0.15, -0.1) is 0 Å². The van der Waals surface area contributed by atoms with Crippen molar-refractivity contribution in [1.29, 1.82) is 0 Å². The van der Waals surface area contributed by atoms with Gasteiger partial charge in [0.25, 0.3) is 0 Å². The molecule has 0 N–H and O–H groups in total. The second-order valence-electron chi connectivity index (χ2n) is 8.60. The Balaban J connectivity index is 1.46. The Bertz CT molecular complexity index is 894. The number of hydrogen-bond acceptors (Lipinski definition) is 5. The number of carbonyl (C=O) groups is 1. The van der Waals surface area contributed by atoms with Crippen LogP contribution in [0.2, 0.25) is 0 Å². The van der Waals surface area contributed by atoms with E-state index in [2.05, 4.69) is 41.0 Å². The molecule has 1 saturated heterocycles. The molecule has 0 unspecified atom stereocenters. The van der Waals surface area contributed by atoms with Crippen molar-refractivity contribution in [3.63, 3.8) is 0 Å². The van der Waals surface area contributed by atoms with Crippen LogP contribution >= 0.6 is 0 Å². The van der Waals surface area contributed by atoms with E-state index in [4.69, 9.17) is 9.51 Å². The van der Waals surface area contributed by atoms with Crippen LogP contribution in [0.5, 0.6) is 0 Å². The van der Waals surface area contributed by atoms with Gasteiger partial charge in [0.1, 0.15) is 5.82 Å². The predicted octanol–water partition coefficient (Wildman–Crippen LogP) is 4.63. The fourth-order valence-electron chi connectivity index (χ4n) is 4.36. The SMILES string of the molecule is Cc1cc(-c2cnc(C3CCN(C(=O)[C@@H]4CC=CCC4)CC3)nc2C(C)C)on1. The van der Waals surface area contributed by atoms with Gasteiger partial charge in [0.15, 0.2) is 5.76 Å². The van der Waals surface area contributed by atoms with E-state index in [1.54, 1.807) is 0 Å². The van der Waals surface area contributed by atoms with E-state index in [-0.39, 0.29) is 11.8 Å². The molecule has 6 nitrogen and oxygen atoms in total. The molecule has 154 valence electrons. The van der Waals surface area contributed by atoms with Crippen LogP contribution in [0.3, 0.4) is 0 Å². The molecule has 0 saturated carbocycles. The summed E-state index contributed by atoms with van der Waals surface area (Å²) in [7, 11) is 0. The third-order valence-corrected chi connectivity index (χ3v) is 6.07. The molecule has 0 radical (unpaired) electrons. The highest BCUT2D eigenvalue weighted by Crippen LogP contribution is 2.32. The van der Waals surface area contributed by atoms with Crippen LogP contribution in [0.15, 0.2) is 28.9 Å². The molecule has 29 heavy (non-hydrogen) atoms. The van der Waals surface area contributed by atoms with Crippen molar-refractivity contribution in [2.75, 3.05) is 13.1 Å². The van der Waals surface area contributed by atoms with Gasteiger partial charge in [0.05, 0.1) is 17.0 Å². The standard InChI is InChI=1S/C23H30N4O2/c1-15(2)21-19(20-13-16(3)26-29-20)14-24-22(25-21)17-9-11-27(12-10-17)23(28)18-7-5-4-6-8-18/h4-5,13-15,17-18H,6-12H2,1-3H3/t18-/m1/s1. The lowest BCUT2D eigenvalue weighted by molar-refractivity contribution is -0.136. The highest BCUT2D eigenvalue weighted by molar-refractivity contribution is 5.79. The van der Waals surface area contributed by atoms with Gasteiger partial charge in [0, 0.05) is 37.2 Å². The zero-order chi connectivity index (χ0) is 20.4. The van der Waals surface area contributed by atoms with Gasteiger partial charge >= 0.3 is 0 Å². The topological polar surface area (TPSA) is 72.1 Å². The minimum Gasteiger partial charge on any atom is -0.356 e. The van der Waals surface area contributed by atoms with E-state index in [0.717, 1.165) is 73.7 Å². The van der Waals surface area contributed by atoms with Crippen molar-refractivity contribution in [1.82, 2.24) is 20.0 Å². The predicted molar refractivity (Wildman–Crippen MR) is 111 cm³/mol. The Morgan fingerprint density at radius 2 is 2.00 bits per heavy atom. The Kier molecular flexibility index (Phi) is 5.79. The summed E-state index contributed by atoms with van der Waals surface area (Å²) in [6.07, 6.45) is 11.0. The molecule has 0 bridgehead atoms. The average molecular weight is 395 g/mol. The van der Waals surface area contributed by atoms with E-state index in [1.165, 1.54) is 0 Å². The minimum atomic E-state index is 0.171. The van der Waals surface area contributed by atoms with Crippen LogP contribution in [0, 0.1) is 12.8 Å². The molecule has 0 spiro atoms. The van der Waals surface area contributed by atoms with Gasteiger partial charge in [0.2, 0.25) is 5.91 Å². The number of allylic oxidation sites excluding steroid dienone is 2. The monoisotopic (exact) mass is 394 g/mol. The first-order chi connectivity index (χ1) is 14.0. The number of aryl methyl sites for hydroxylation is 1. The minimum absolute atomic E-state index is 0.171. The molecule has 2 aromatic heterocycles. The van der Waals surface area contributed by atoms with Gasteiger partial charge in [-0.3, -0.25) is 4.79 Å². The fraction of sp³-hybridized carbons (Fsp3) is 0.565. The van der Waals surface area contributed by atoms with E-state index in [0.29, 0.717) is 11.8 Å². The first-order valence-electron chi connectivity index (χ1n) is 10.8. The first-order valence-corrected chi connectivity index (χ1v) is 10.8. The van der Waals surface area contributed by atoms with Crippen LogP contribution < -0.4 is 0 Å². The fourth-order valence-corrected chi connectivity index (χ4v) is 4.36. The van der Waals surface area contributed by atoms with Gasteiger partial charge < -0.3 is 9.42 Å². The van der Waals surface area contributed by atoms with Gasteiger partial charge in [-0.25, -0.2) is 9.97 Å². The maximum atomic E-state index is 12.8. The summed E-state index contributed by atoms with van der Waals surface area (Å²) in [5.41, 5.74) is 2.77. The largest absolute Gasteiger partial charge is 0.356 e. The zero-order valence-corrected chi connectivity index (χ0v) is 17.6. The third-order valence-electron chi connectivity index (χ3n) is 6.07. The molecule has 1 atom stereocenters. The molecule has 1 aliphatic carbocycles. The van der Waals surface area contributed by atoms with Crippen LogP contribution in [-0.4, -0.2) is 39.0 Å². The highest BCUT2D eigenvalue weighted by atomic mass is 16.5. The molecule has 2 aromatic rings. The molecule has 1 fully saturated rings. The normalized spacial score (nSPS) is 20.4. The lowest BCUT2D eigenvalue weighted by Crippen LogP contribution is -2.41. The lowest BCUT2D eigenvalue weighted by Gasteiger charge is -2.34. The van der Waals surface area contributed by atoms with Gasteiger partial charge in [-0.05, 0) is 44.9 Å². The Labute approximate surface area is 172 Å². The second kappa shape index (κ2) is 8.47. The summed E-state index contributed by atoms with van der Waals surface area (Å²) in [5, 5.41) is 4.00. The van der Waals surface area contributed by atoms with Crippen molar-refractivity contribution >= 4 is 5.91 Å². The summed E-state index contributed by atoms with van der Waals surface area (Å²) in [6.45, 7) is 7.79. The summed E-state index contributed by atoms with van der Waals surface area (Å²) < 4.78 is 5.45. The maximum absolute atomic E-state index is 12.8. The summed E-state index contributed by atoms with van der Waals surface area (Å²) >= 11 is 0. The quantitative estimate of drug-likeness (QED) is 0.707. The summed E-state index contributed by atoms with van der Waals surface area (Å²) in [6, 6.07) is 1.93. The third kappa shape index (κ3) is 4.26. The number of nitrogens with zero attached hydrogens (tertiary/aromatic N) is 4. The van der Waals surface area contributed by atoms with Crippen molar-refractivity contribution < 1.29 is 9.32 Å². The molecule has 1 amide bonds. The van der Waals surface area contributed by atoms with Gasteiger partial charge in [-0.2, -0.15) is 0 Å². The number of rotatable bonds is 4. The number of hydrogen-bond donors (Lipinski definition) is 0. The molecule has 2 aliphatic rings. The second-order valence-corrected chi connectivity index (χ2v) is 8.60. The van der Waals surface area contributed by atoms with Crippen molar-refractivity contribution in [3.8, 4) is 11.3 Å². The highest BCUT2D eigenvalue weighted by Gasteiger charge is 2.30. The summed E-state index contributed by atoms with van der Waals surface area (Å²) in [5.74, 6) is 2.67. The molecule has 1 aliphatic heterocycles. The molecule has 4 rings (SSSR count). The van der Waals surface area contributed by atoms with Crippen molar-refractivity contribution in [2.24, 2.45) is 5.92 Å². The van der Waals surface area contributed by atoms with Crippen LogP contribution in [0.1, 0.15) is 75.0 Å². The van der Waals surface area contributed by atoms with E-state index in [1.807, 2.05) is 19.2 Å². The molecule has 0 aromatic carbocycles. The Hall–Kier alpha value is -2.50. The van der Waals surface area contributed by atoms with E-state index >= 15 is 0 Å². The maximum Gasteiger partial charge on any atom is 0.226 e. The zero-order valence-electron chi connectivity index (χ0n) is 17.6. The number of likely N-dealkylation sites (tertiary alicyclic amines) is 1. The van der Waals surface area contributed by atoms with Crippen molar-refractivity contribution in [2.45, 2.75) is 64.7 Å².